The molecule has 2 aromatic rings. The molecular weight excluding hydrogens is 200 g/mol. The number of fused-ring (bicyclic) bond motifs is 3. The number of nitrogens with zero attached hydrogens (tertiary/aromatic N) is 1. The van der Waals surface area contributed by atoms with E-state index < -0.39 is 0 Å². The summed E-state index contributed by atoms with van der Waals surface area (Å²) in [6, 6.07) is 6.21. The number of nitrogens with one attached hydrogen (secondary N) is 1. The summed E-state index contributed by atoms with van der Waals surface area (Å²) in [5, 5.41) is 1.21. The molecule has 2 heterocycles. The van der Waals surface area contributed by atoms with Gasteiger partial charge in [-0.05, 0) is 24.5 Å². The molecule has 0 unspecified atom stereocenters. The number of hydrogen-bond donors (Lipinski definition) is 1. The lowest BCUT2D eigenvalue weighted by Gasteiger charge is -2.22. The number of aromatic nitrogens is 1. The van der Waals surface area contributed by atoms with Crippen molar-refractivity contribution in [3.8, 4) is 0 Å². The van der Waals surface area contributed by atoms with Crippen LogP contribution < -0.4 is 0 Å². The molecule has 0 aliphatic carbocycles. The van der Waals surface area contributed by atoms with Gasteiger partial charge < -0.3 is 9.88 Å². The fourth-order valence-electron chi connectivity index (χ4n) is 2.43. The van der Waals surface area contributed by atoms with E-state index in [0.29, 0.717) is 0 Å². The molecule has 0 saturated heterocycles. The minimum absolute atomic E-state index is 0.108. The van der Waals surface area contributed by atoms with Gasteiger partial charge in [0.25, 0.3) is 5.91 Å². The van der Waals surface area contributed by atoms with E-state index in [1.165, 1.54) is 16.5 Å². The number of rotatable bonds is 0. The Hall–Kier alpha value is -1.77. The number of hydrogen-bond acceptors (Lipinski definition) is 1. The molecular formula is C13H14N2O. The molecule has 3 nitrogen and oxygen atoms in total. The van der Waals surface area contributed by atoms with Gasteiger partial charge in [0.2, 0.25) is 0 Å². The van der Waals surface area contributed by atoms with E-state index >= 15 is 0 Å². The largest absolute Gasteiger partial charge is 0.350 e. The van der Waals surface area contributed by atoms with Crippen molar-refractivity contribution in [2.75, 3.05) is 13.6 Å². The molecule has 0 atom stereocenters. The highest BCUT2D eigenvalue weighted by molar-refractivity contribution is 6.02. The topological polar surface area (TPSA) is 36.1 Å². The summed E-state index contributed by atoms with van der Waals surface area (Å²) in [5.74, 6) is 0.108. The molecule has 3 heteroatoms. The van der Waals surface area contributed by atoms with Crippen LogP contribution in [-0.2, 0) is 6.42 Å². The maximum atomic E-state index is 12.0. The van der Waals surface area contributed by atoms with Crippen molar-refractivity contribution in [1.82, 2.24) is 9.88 Å². The number of aromatic amines is 1. The number of benzene rings is 1. The molecule has 0 radical (unpaired) electrons. The summed E-state index contributed by atoms with van der Waals surface area (Å²) in [5.41, 5.74) is 4.26. The van der Waals surface area contributed by atoms with Crippen LogP contribution in [0.1, 0.15) is 21.6 Å². The molecule has 0 bridgehead atoms. The van der Waals surface area contributed by atoms with Gasteiger partial charge >= 0.3 is 0 Å². The van der Waals surface area contributed by atoms with E-state index in [-0.39, 0.29) is 5.91 Å². The quantitative estimate of drug-likeness (QED) is 0.716. The summed E-state index contributed by atoms with van der Waals surface area (Å²) in [6.45, 7) is 2.88. The Bertz CT molecular complexity index is 583. The van der Waals surface area contributed by atoms with Gasteiger partial charge in [0.1, 0.15) is 5.69 Å². The minimum atomic E-state index is 0.108. The Morgan fingerprint density at radius 1 is 1.38 bits per heavy atom. The summed E-state index contributed by atoms with van der Waals surface area (Å²) < 4.78 is 0. The zero-order chi connectivity index (χ0) is 11.3. The SMILES string of the molecule is Cc1cccc2c3c([nH]c12)C(=O)N(C)CC3. The van der Waals surface area contributed by atoms with Gasteiger partial charge in [-0.15, -0.1) is 0 Å². The van der Waals surface area contributed by atoms with Gasteiger partial charge in [-0.3, -0.25) is 4.79 Å². The summed E-state index contributed by atoms with van der Waals surface area (Å²) >= 11 is 0. The molecule has 82 valence electrons. The highest BCUT2D eigenvalue weighted by atomic mass is 16.2. The maximum absolute atomic E-state index is 12.0. The van der Waals surface area contributed by atoms with Crippen molar-refractivity contribution in [2.45, 2.75) is 13.3 Å². The third kappa shape index (κ3) is 1.11. The molecule has 1 amide bonds. The van der Waals surface area contributed by atoms with Crippen LogP contribution in [0.4, 0.5) is 0 Å². The monoisotopic (exact) mass is 214 g/mol. The smallest absolute Gasteiger partial charge is 0.270 e. The molecule has 1 aliphatic heterocycles. The lowest BCUT2D eigenvalue weighted by molar-refractivity contribution is 0.0776. The van der Waals surface area contributed by atoms with Gasteiger partial charge in [-0.1, -0.05) is 18.2 Å². The van der Waals surface area contributed by atoms with Crippen LogP contribution in [0.3, 0.4) is 0 Å². The van der Waals surface area contributed by atoms with Gasteiger partial charge in [-0.2, -0.15) is 0 Å². The number of H-pyrrole nitrogens is 1. The minimum Gasteiger partial charge on any atom is -0.350 e. The van der Waals surface area contributed by atoms with Crippen LogP contribution in [0, 0.1) is 6.92 Å². The average Bonchev–Trinajstić information content (AvgIpc) is 2.65. The fourth-order valence-corrected chi connectivity index (χ4v) is 2.43. The lowest BCUT2D eigenvalue weighted by Crippen LogP contribution is -2.33. The standard InChI is InChI=1S/C13H14N2O/c1-8-4-3-5-9-10-6-7-15(2)13(16)12(10)14-11(8)9/h3-5,14H,6-7H2,1-2H3. The Morgan fingerprint density at radius 3 is 3.00 bits per heavy atom. The van der Waals surface area contributed by atoms with Gasteiger partial charge in [-0.25, -0.2) is 0 Å². The molecule has 1 aromatic heterocycles. The fraction of sp³-hybridized carbons (Fsp3) is 0.308. The van der Waals surface area contributed by atoms with Gasteiger partial charge in [0.05, 0.1) is 0 Å². The van der Waals surface area contributed by atoms with Crippen molar-refractivity contribution in [3.05, 3.63) is 35.0 Å². The Kier molecular flexibility index (Phi) is 1.84. The molecule has 16 heavy (non-hydrogen) atoms. The average molecular weight is 214 g/mol. The summed E-state index contributed by atoms with van der Waals surface area (Å²) in [7, 11) is 1.85. The van der Waals surface area contributed by atoms with Crippen LogP contribution in [0.5, 0.6) is 0 Å². The van der Waals surface area contributed by atoms with Gasteiger partial charge in [0, 0.05) is 24.5 Å². The normalized spacial score (nSPS) is 15.6. The number of likely N-dealkylation sites (N-methyl/N-ethyl adjacent to an activating group) is 1. The summed E-state index contributed by atoms with van der Waals surface area (Å²) in [6.07, 6.45) is 0.945. The predicted molar refractivity (Wildman–Crippen MR) is 63.7 cm³/mol. The third-order valence-corrected chi connectivity index (χ3v) is 3.41. The number of aryl methyl sites for hydroxylation is 1. The predicted octanol–water partition coefficient (Wildman–Crippen LogP) is 2.10. The van der Waals surface area contributed by atoms with Crippen molar-refractivity contribution < 1.29 is 4.79 Å². The second-order valence-corrected chi connectivity index (χ2v) is 4.45. The lowest BCUT2D eigenvalue weighted by atomic mass is 10.0. The van der Waals surface area contributed by atoms with E-state index in [0.717, 1.165) is 24.2 Å². The van der Waals surface area contributed by atoms with E-state index in [9.17, 15) is 4.79 Å². The molecule has 0 spiro atoms. The molecule has 1 aromatic carbocycles. The van der Waals surface area contributed by atoms with Crippen LogP contribution in [0.2, 0.25) is 0 Å². The van der Waals surface area contributed by atoms with Crippen LogP contribution in [0.25, 0.3) is 10.9 Å². The summed E-state index contributed by atoms with van der Waals surface area (Å²) in [4.78, 5) is 17.0. The van der Waals surface area contributed by atoms with Crippen LogP contribution in [-0.4, -0.2) is 29.4 Å². The first-order valence-electron chi connectivity index (χ1n) is 5.54. The third-order valence-electron chi connectivity index (χ3n) is 3.41. The first-order valence-corrected chi connectivity index (χ1v) is 5.54. The number of para-hydroxylation sites is 1. The van der Waals surface area contributed by atoms with E-state index in [1.54, 1.807) is 4.90 Å². The second kappa shape index (κ2) is 3.11. The first kappa shape index (κ1) is 9.46. The maximum Gasteiger partial charge on any atom is 0.270 e. The zero-order valence-corrected chi connectivity index (χ0v) is 9.50. The van der Waals surface area contributed by atoms with Crippen molar-refractivity contribution >= 4 is 16.8 Å². The van der Waals surface area contributed by atoms with Gasteiger partial charge in [0.15, 0.2) is 0 Å². The van der Waals surface area contributed by atoms with E-state index in [1.807, 2.05) is 7.05 Å². The molecule has 1 aliphatic rings. The van der Waals surface area contributed by atoms with Crippen LogP contribution in [0.15, 0.2) is 18.2 Å². The number of carbonyl (C=O) groups is 1. The molecule has 0 fully saturated rings. The molecule has 0 saturated carbocycles. The van der Waals surface area contributed by atoms with Crippen LogP contribution >= 0.6 is 0 Å². The van der Waals surface area contributed by atoms with E-state index in [2.05, 4.69) is 30.1 Å². The van der Waals surface area contributed by atoms with E-state index in [4.69, 9.17) is 0 Å². The van der Waals surface area contributed by atoms with Crippen molar-refractivity contribution in [2.24, 2.45) is 0 Å². The Labute approximate surface area is 94.1 Å². The zero-order valence-electron chi connectivity index (χ0n) is 9.50. The first-order chi connectivity index (χ1) is 7.68. The molecule has 1 N–H and O–H groups in total. The number of carbonyl (C=O) groups excluding carboxylic acids is 1. The Balaban J connectivity index is 2.34. The molecule has 3 rings (SSSR count). The Morgan fingerprint density at radius 2 is 2.19 bits per heavy atom. The van der Waals surface area contributed by atoms with Crippen molar-refractivity contribution in [1.29, 1.82) is 0 Å². The highest BCUT2D eigenvalue weighted by Gasteiger charge is 2.25. The second-order valence-electron chi connectivity index (χ2n) is 4.45. The highest BCUT2D eigenvalue weighted by Crippen LogP contribution is 2.28. The van der Waals surface area contributed by atoms with Crippen molar-refractivity contribution in [3.63, 3.8) is 0 Å². The number of amides is 1.